The third-order valence-electron chi connectivity index (χ3n) is 3.32. The highest BCUT2D eigenvalue weighted by molar-refractivity contribution is 5.58. The zero-order valence-electron chi connectivity index (χ0n) is 10.7. The Labute approximate surface area is 117 Å². The molecule has 0 unspecified atom stereocenters. The summed E-state index contributed by atoms with van der Waals surface area (Å²) < 4.78 is 5.70. The van der Waals surface area contributed by atoms with Crippen LogP contribution in [0.5, 0.6) is 5.75 Å². The van der Waals surface area contributed by atoms with Gasteiger partial charge in [0.05, 0.1) is 11.1 Å². The number of hydrogen-bond donors (Lipinski definition) is 0. The van der Waals surface area contributed by atoms with E-state index in [0.717, 1.165) is 23.5 Å². The van der Waals surface area contributed by atoms with Crippen molar-refractivity contribution in [2.24, 2.45) is 0 Å². The summed E-state index contributed by atoms with van der Waals surface area (Å²) >= 11 is 0. The molecule has 0 N–H and O–H groups in total. The quantitative estimate of drug-likeness (QED) is 0.792. The van der Waals surface area contributed by atoms with Gasteiger partial charge in [0.1, 0.15) is 17.9 Å². The van der Waals surface area contributed by atoms with E-state index < -0.39 is 0 Å². The van der Waals surface area contributed by atoms with E-state index in [0.29, 0.717) is 17.9 Å². The molecular formula is C16H11N3O. The highest BCUT2D eigenvalue weighted by Gasteiger charge is 2.17. The monoisotopic (exact) mass is 261 g/mol. The highest BCUT2D eigenvalue weighted by Crippen LogP contribution is 2.28. The first-order valence-corrected chi connectivity index (χ1v) is 6.22. The lowest BCUT2D eigenvalue weighted by Gasteiger charge is -2.30. The van der Waals surface area contributed by atoms with Gasteiger partial charge < -0.3 is 9.64 Å². The smallest absolute Gasteiger partial charge is 0.161 e. The van der Waals surface area contributed by atoms with Crippen molar-refractivity contribution in [3.8, 4) is 17.9 Å². The van der Waals surface area contributed by atoms with E-state index in [4.69, 9.17) is 15.3 Å². The minimum absolute atomic E-state index is 0.392. The van der Waals surface area contributed by atoms with E-state index in [2.05, 4.69) is 6.07 Å². The predicted octanol–water partition coefficient (Wildman–Crippen LogP) is 2.79. The second-order valence-corrected chi connectivity index (χ2v) is 4.53. The van der Waals surface area contributed by atoms with Crippen LogP contribution in [-0.4, -0.2) is 6.73 Å². The maximum atomic E-state index is 9.08. The summed E-state index contributed by atoms with van der Waals surface area (Å²) in [5.41, 5.74) is 2.79. The van der Waals surface area contributed by atoms with Crippen molar-refractivity contribution in [2.45, 2.75) is 6.54 Å². The van der Waals surface area contributed by atoms with Crippen molar-refractivity contribution in [1.29, 1.82) is 10.5 Å². The third kappa shape index (κ3) is 2.04. The van der Waals surface area contributed by atoms with Gasteiger partial charge in [-0.1, -0.05) is 18.2 Å². The molecule has 4 nitrogen and oxygen atoms in total. The van der Waals surface area contributed by atoms with Crippen LogP contribution in [0.15, 0.2) is 42.5 Å². The molecule has 0 bridgehead atoms. The topological polar surface area (TPSA) is 60.1 Å². The summed E-state index contributed by atoms with van der Waals surface area (Å²) in [5, 5.41) is 18.0. The molecule has 0 radical (unpaired) electrons. The zero-order chi connectivity index (χ0) is 13.9. The maximum Gasteiger partial charge on any atom is 0.161 e. The molecule has 0 fully saturated rings. The van der Waals surface area contributed by atoms with Crippen LogP contribution in [0.3, 0.4) is 0 Å². The summed E-state index contributed by atoms with van der Waals surface area (Å²) in [6, 6.07) is 17.2. The largest absolute Gasteiger partial charge is 0.473 e. The van der Waals surface area contributed by atoms with Crippen LogP contribution in [0.2, 0.25) is 0 Å². The highest BCUT2D eigenvalue weighted by atomic mass is 16.5. The lowest BCUT2D eigenvalue weighted by molar-refractivity contribution is 0.289. The van der Waals surface area contributed by atoms with Gasteiger partial charge in [-0.05, 0) is 24.3 Å². The standard InChI is InChI=1S/C16H11N3O/c17-8-12-5-6-15(7-14(12)9-18)19-10-13-3-1-2-4-16(13)20-11-19/h1-7H,10-11H2. The number of hydrogen-bond acceptors (Lipinski definition) is 4. The van der Waals surface area contributed by atoms with Gasteiger partial charge in [0, 0.05) is 17.8 Å². The number of nitrogens with zero attached hydrogens (tertiary/aromatic N) is 3. The molecule has 0 saturated carbocycles. The molecule has 4 heteroatoms. The molecule has 1 aliphatic rings. The van der Waals surface area contributed by atoms with E-state index >= 15 is 0 Å². The Morgan fingerprint density at radius 2 is 1.80 bits per heavy atom. The minimum Gasteiger partial charge on any atom is -0.473 e. The van der Waals surface area contributed by atoms with Crippen LogP contribution < -0.4 is 9.64 Å². The second-order valence-electron chi connectivity index (χ2n) is 4.53. The Bertz CT molecular complexity index is 740. The second kappa shape index (κ2) is 4.95. The minimum atomic E-state index is 0.392. The van der Waals surface area contributed by atoms with Crippen molar-refractivity contribution in [2.75, 3.05) is 11.6 Å². The first-order valence-electron chi connectivity index (χ1n) is 6.22. The van der Waals surface area contributed by atoms with Crippen molar-refractivity contribution in [3.63, 3.8) is 0 Å². The normalized spacial score (nSPS) is 12.8. The zero-order valence-corrected chi connectivity index (χ0v) is 10.7. The van der Waals surface area contributed by atoms with Gasteiger partial charge in [-0.15, -0.1) is 0 Å². The fraction of sp³-hybridized carbons (Fsp3) is 0.125. The van der Waals surface area contributed by atoms with Crippen molar-refractivity contribution >= 4 is 5.69 Å². The molecule has 1 aliphatic heterocycles. The van der Waals surface area contributed by atoms with Crippen LogP contribution in [0.4, 0.5) is 5.69 Å². The molecule has 20 heavy (non-hydrogen) atoms. The molecule has 3 rings (SSSR count). The molecule has 0 spiro atoms. The Morgan fingerprint density at radius 3 is 2.60 bits per heavy atom. The van der Waals surface area contributed by atoms with Crippen LogP contribution in [-0.2, 0) is 6.54 Å². The fourth-order valence-electron chi connectivity index (χ4n) is 2.26. The van der Waals surface area contributed by atoms with E-state index in [1.54, 1.807) is 12.1 Å². The molecule has 1 heterocycles. The van der Waals surface area contributed by atoms with Crippen molar-refractivity contribution in [1.82, 2.24) is 0 Å². The molecule has 2 aromatic carbocycles. The predicted molar refractivity (Wildman–Crippen MR) is 74.0 cm³/mol. The number of benzene rings is 2. The first-order chi connectivity index (χ1) is 9.81. The summed E-state index contributed by atoms with van der Waals surface area (Å²) in [4.78, 5) is 2.03. The number of para-hydroxylation sites is 1. The first kappa shape index (κ1) is 12.1. The molecule has 0 atom stereocenters. The van der Waals surface area contributed by atoms with Gasteiger partial charge in [-0.25, -0.2) is 0 Å². The maximum absolute atomic E-state index is 9.08. The summed E-state index contributed by atoms with van der Waals surface area (Å²) in [5.74, 6) is 0.901. The molecule has 0 aliphatic carbocycles. The van der Waals surface area contributed by atoms with Gasteiger partial charge in [-0.3, -0.25) is 0 Å². The lowest BCUT2D eigenvalue weighted by atomic mass is 10.1. The SMILES string of the molecule is N#Cc1ccc(N2COc3ccccc3C2)cc1C#N. The number of anilines is 1. The average molecular weight is 261 g/mol. The molecule has 0 amide bonds. The van der Waals surface area contributed by atoms with E-state index in [9.17, 15) is 0 Å². The number of rotatable bonds is 1. The van der Waals surface area contributed by atoms with Crippen molar-refractivity contribution < 1.29 is 4.74 Å². The molecule has 0 saturated heterocycles. The Balaban J connectivity index is 1.93. The summed E-state index contributed by atoms with van der Waals surface area (Å²) in [7, 11) is 0. The van der Waals surface area contributed by atoms with Gasteiger partial charge >= 0.3 is 0 Å². The third-order valence-corrected chi connectivity index (χ3v) is 3.32. The van der Waals surface area contributed by atoms with Crippen LogP contribution in [0.25, 0.3) is 0 Å². The van der Waals surface area contributed by atoms with Crippen molar-refractivity contribution in [3.05, 3.63) is 59.2 Å². The molecule has 96 valence electrons. The molecule has 2 aromatic rings. The van der Waals surface area contributed by atoms with Crippen LogP contribution in [0, 0.1) is 22.7 Å². The van der Waals surface area contributed by atoms with Crippen LogP contribution >= 0.6 is 0 Å². The Kier molecular flexibility index (Phi) is 2.99. The number of fused-ring (bicyclic) bond motifs is 1. The number of nitriles is 2. The van der Waals surface area contributed by atoms with Gasteiger partial charge in [0.25, 0.3) is 0 Å². The molecule has 0 aromatic heterocycles. The Hall–Kier alpha value is -2.98. The Morgan fingerprint density at radius 1 is 1.00 bits per heavy atom. The fourth-order valence-corrected chi connectivity index (χ4v) is 2.26. The summed E-state index contributed by atoms with van der Waals surface area (Å²) in [6.07, 6.45) is 0. The van der Waals surface area contributed by atoms with E-state index in [-0.39, 0.29) is 0 Å². The van der Waals surface area contributed by atoms with E-state index in [1.165, 1.54) is 0 Å². The van der Waals surface area contributed by atoms with E-state index in [1.807, 2.05) is 41.3 Å². The average Bonchev–Trinajstić information content (AvgIpc) is 2.53. The summed E-state index contributed by atoms with van der Waals surface area (Å²) in [6.45, 7) is 1.17. The van der Waals surface area contributed by atoms with Gasteiger partial charge in [0.15, 0.2) is 6.73 Å². The van der Waals surface area contributed by atoms with Gasteiger partial charge in [0.2, 0.25) is 0 Å². The number of ether oxygens (including phenoxy) is 1. The lowest BCUT2D eigenvalue weighted by Crippen LogP contribution is -2.31. The molecular weight excluding hydrogens is 250 g/mol. The van der Waals surface area contributed by atoms with Gasteiger partial charge in [-0.2, -0.15) is 10.5 Å². The van der Waals surface area contributed by atoms with Crippen LogP contribution in [0.1, 0.15) is 16.7 Å².